The van der Waals surface area contributed by atoms with Gasteiger partial charge in [0.05, 0.1) is 11.3 Å². The van der Waals surface area contributed by atoms with Crippen molar-refractivity contribution in [3.63, 3.8) is 0 Å². The number of piperidine rings is 1. The zero-order valence-electron chi connectivity index (χ0n) is 20.4. The van der Waals surface area contributed by atoms with Gasteiger partial charge >= 0.3 is 0 Å². The smallest absolute Gasteiger partial charge is 0.229 e. The van der Waals surface area contributed by atoms with Crippen molar-refractivity contribution in [2.45, 2.75) is 63.5 Å². The van der Waals surface area contributed by atoms with Crippen molar-refractivity contribution in [3.8, 4) is 0 Å². The van der Waals surface area contributed by atoms with E-state index in [0.717, 1.165) is 74.7 Å². The van der Waals surface area contributed by atoms with Crippen molar-refractivity contribution in [2.24, 2.45) is 5.41 Å². The molecule has 2 aromatic carbocycles. The number of carbonyl (C=O) groups excluding carboxylic acids is 2. The van der Waals surface area contributed by atoms with E-state index in [1.165, 1.54) is 12.0 Å². The number of benzene rings is 2. The Labute approximate surface area is 217 Å². The summed E-state index contributed by atoms with van der Waals surface area (Å²) in [6.07, 6.45) is 7.06. The number of nitrogens with zero attached hydrogens (tertiary/aromatic N) is 2. The van der Waals surface area contributed by atoms with Gasteiger partial charge in [0.1, 0.15) is 0 Å². The van der Waals surface area contributed by atoms with Crippen LogP contribution < -0.4 is 5.32 Å². The second-order valence-electron chi connectivity index (χ2n) is 10.6. The molecule has 2 aromatic rings. The van der Waals surface area contributed by atoms with E-state index in [-0.39, 0.29) is 17.2 Å². The summed E-state index contributed by atoms with van der Waals surface area (Å²) in [6.45, 7) is 4.32. The maximum Gasteiger partial charge on any atom is 0.229 e. The fraction of sp³-hybridized carbons (Fsp3) is 0.517. The van der Waals surface area contributed by atoms with E-state index in [2.05, 4.69) is 55.3 Å². The van der Waals surface area contributed by atoms with Gasteiger partial charge in [-0.1, -0.05) is 58.4 Å². The summed E-state index contributed by atoms with van der Waals surface area (Å²) in [5.41, 5.74) is 2.10. The van der Waals surface area contributed by atoms with Crippen LogP contribution in [0.3, 0.4) is 0 Å². The highest BCUT2D eigenvalue weighted by Gasteiger charge is 2.47. The van der Waals surface area contributed by atoms with Crippen molar-refractivity contribution in [1.82, 2.24) is 15.1 Å². The molecule has 1 atom stereocenters. The minimum Gasteiger partial charge on any atom is -0.353 e. The van der Waals surface area contributed by atoms with E-state index in [1.807, 2.05) is 30.3 Å². The van der Waals surface area contributed by atoms with Crippen molar-refractivity contribution >= 4 is 27.7 Å². The van der Waals surface area contributed by atoms with Gasteiger partial charge in [-0.25, -0.2) is 0 Å². The lowest BCUT2D eigenvalue weighted by Crippen LogP contribution is -2.46. The molecule has 2 aliphatic heterocycles. The number of carbonyl (C=O) groups is 2. The topological polar surface area (TPSA) is 52.7 Å². The van der Waals surface area contributed by atoms with E-state index in [4.69, 9.17) is 0 Å². The summed E-state index contributed by atoms with van der Waals surface area (Å²) < 4.78 is 1.06. The Morgan fingerprint density at radius 2 is 1.69 bits per heavy atom. The average molecular weight is 539 g/mol. The second-order valence-corrected chi connectivity index (χ2v) is 11.5. The van der Waals surface area contributed by atoms with Crippen molar-refractivity contribution in [2.75, 3.05) is 26.2 Å². The van der Waals surface area contributed by atoms with Crippen LogP contribution in [-0.4, -0.2) is 53.8 Å². The van der Waals surface area contributed by atoms with Crippen molar-refractivity contribution < 1.29 is 9.59 Å². The Kier molecular flexibility index (Phi) is 7.59. The van der Waals surface area contributed by atoms with Gasteiger partial charge in [-0.3, -0.25) is 9.59 Å². The van der Waals surface area contributed by atoms with Gasteiger partial charge in [0.2, 0.25) is 11.8 Å². The van der Waals surface area contributed by atoms with E-state index >= 15 is 0 Å². The molecule has 0 bridgehead atoms. The van der Waals surface area contributed by atoms with Crippen LogP contribution in [0.4, 0.5) is 0 Å². The predicted octanol–water partition coefficient (Wildman–Crippen LogP) is 5.11. The zero-order chi connectivity index (χ0) is 24.3. The molecular formula is C29H36BrN3O2. The number of nitrogens with one attached hydrogen (secondary N) is 1. The first-order valence-electron chi connectivity index (χ1n) is 13.1. The summed E-state index contributed by atoms with van der Waals surface area (Å²) in [7, 11) is 0. The van der Waals surface area contributed by atoms with E-state index < -0.39 is 0 Å². The van der Waals surface area contributed by atoms with Crippen LogP contribution in [-0.2, 0) is 16.1 Å². The number of likely N-dealkylation sites (tertiary alicyclic amines) is 2. The number of halogens is 1. The third-order valence-electron chi connectivity index (χ3n) is 8.41. The van der Waals surface area contributed by atoms with Gasteiger partial charge in [-0.2, -0.15) is 0 Å². The van der Waals surface area contributed by atoms with Crippen LogP contribution in [0.5, 0.6) is 0 Å². The Balaban J connectivity index is 1.15. The highest BCUT2D eigenvalue weighted by Crippen LogP contribution is 2.42. The molecule has 2 saturated heterocycles. The molecule has 1 aliphatic carbocycles. The molecule has 1 unspecified atom stereocenters. The summed E-state index contributed by atoms with van der Waals surface area (Å²) in [5, 5.41) is 3.27. The molecule has 3 fully saturated rings. The predicted molar refractivity (Wildman–Crippen MR) is 142 cm³/mol. The SMILES string of the molecule is O=C(NC1CCC1)C(CCN1CCC2(CC1)CCN(Cc1ccc(Br)cc1)C2=O)c1ccccc1. The highest BCUT2D eigenvalue weighted by molar-refractivity contribution is 9.10. The number of hydrogen-bond acceptors (Lipinski definition) is 3. The van der Waals surface area contributed by atoms with E-state index in [0.29, 0.717) is 18.5 Å². The Morgan fingerprint density at radius 3 is 2.34 bits per heavy atom. The van der Waals surface area contributed by atoms with Crippen molar-refractivity contribution in [1.29, 1.82) is 0 Å². The van der Waals surface area contributed by atoms with Gasteiger partial charge < -0.3 is 15.1 Å². The lowest BCUT2D eigenvalue weighted by Gasteiger charge is -2.38. The number of rotatable bonds is 8. The van der Waals surface area contributed by atoms with Crippen LogP contribution in [0.1, 0.15) is 62.0 Å². The molecule has 3 aliphatic rings. The molecule has 0 radical (unpaired) electrons. The molecule has 0 aromatic heterocycles. The number of amides is 2. The summed E-state index contributed by atoms with van der Waals surface area (Å²) in [5.74, 6) is 0.397. The Morgan fingerprint density at radius 1 is 1.00 bits per heavy atom. The van der Waals surface area contributed by atoms with Crippen LogP contribution in [0.2, 0.25) is 0 Å². The third kappa shape index (κ3) is 5.64. The molecular weight excluding hydrogens is 502 g/mol. The molecule has 1 spiro atoms. The average Bonchev–Trinajstić information content (AvgIpc) is 3.14. The van der Waals surface area contributed by atoms with Gasteiger partial charge in [0.15, 0.2) is 0 Å². The van der Waals surface area contributed by atoms with E-state index in [9.17, 15) is 9.59 Å². The molecule has 2 heterocycles. The zero-order valence-corrected chi connectivity index (χ0v) is 22.0. The molecule has 5 nitrogen and oxygen atoms in total. The molecule has 186 valence electrons. The first-order valence-corrected chi connectivity index (χ1v) is 13.9. The fourth-order valence-electron chi connectivity index (χ4n) is 5.82. The van der Waals surface area contributed by atoms with E-state index in [1.54, 1.807) is 0 Å². The van der Waals surface area contributed by atoms with Gasteiger partial charge in [-0.05, 0) is 87.8 Å². The van der Waals surface area contributed by atoms with Crippen LogP contribution in [0, 0.1) is 5.41 Å². The lowest BCUT2D eigenvalue weighted by atomic mass is 9.77. The molecule has 6 heteroatoms. The first kappa shape index (κ1) is 24.5. The van der Waals surface area contributed by atoms with Gasteiger partial charge in [0, 0.05) is 23.6 Å². The van der Waals surface area contributed by atoms with Crippen molar-refractivity contribution in [3.05, 3.63) is 70.2 Å². The quantitative estimate of drug-likeness (QED) is 0.509. The molecule has 1 saturated carbocycles. The summed E-state index contributed by atoms with van der Waals surface area (Å²) in [4.78, 5) is 31.0. The molecule has 2 amide bonds. The van der Waals surface area contributed by atoms with Crippen LogP contribution in [0.15, 0.2) is 59.1 Å². The third-order valence-corrected chi connectivity index (χ3v) is 8.93. The Bertz CT molecular complexity index is 1010. The van der Waals surface area contributed by atoms with Gasteiger partial charge in [0.25, 0.3) is 0 Å². The van der Waals surface area contributed by atoms with Crippen LogP contribution in [0.25, 0.3) is 0 Å². The number of hydrogen-bond donors (Lipinski definition) is 1. The molecule has 5 rings (SSSR count). The van der Waals surface area contributed by atoms with Crippen LogP contribution >= 0.6 is 15.9 Å². The normalized spacial score (nSPS) is 21.2. The minimum absolute atomic E-state index is 0.109. The first-order chi connectivity index (χ1) is 17.0. The summed E-state index contributed by atoms with van der Waals surface area (Å²) >= 11 is 3.48. The fourth-order valence-corrected chi connectivity index (χ4v) is 6.09. The molecule has 1 N–H and O–H groups in total. The maximum absolute atomic E-state index is 13.4. The summed E-state index contributed by atoms with van der Waals surface area (Å²) in [6, 6.07) is 18.8. The highest BCUT2D eigenvalue weighted by atomic mass is 79.9. The Hall–Kier alpha value is -2.18. The minimum atomic E-state index is -0.188. The standard InChI is InChI=1S/C29H36BrN3O2/c30-24-11-9-22(10-12-24)21-33-20-16-29(28(33)35)14-18-32(19-15-29)17-13-26(23-5-2-1-3-6-23)27(34)31-25-7-4-8-25/h1-3,5-6,9-12,25-26H,4,7-8,13-21H2,(H,31,34). The second kappa shape index (κ2) is 10.8. The lowest BCUT2D eigenvalue weighted by molar-refractivity contribution is -0.138. The largest absolute Gasteiger partial charge is 0.353 e. The molecule has 35 heavy (non-hydrogen) atoms. The maximum atomic E-state index is 13.4. The monoisotopic (exact) mass is 537 g/mol. The van der Waals surface area contributed by atoms with Gasteiger partial charge in [-0.15, -0.1) is 0 Å².